The van der Waals surface area contributed by atoms with Crippen LogP contribution in [0.5, 0.6) is 0 Å². The van der Waals surface area contributed by atoms with E-state index < -0.39 is 0 Å². The number of halogens is 1. The predicted molar refractivity (Wildman–Crippen MR) is 71.7 cm³/mol. The van der Waals surface area contributed by atoms with Gasteiger partial charge in [0.1, 0.15) is 0 Å². The van der Waals surface area contributed by atoms with Gasteiger partial charge in [-0.15, -0.1) is 0 Å². The van der Waals surface area contributed by atoms with Crippen LogP contribution in [0, 0.1) is 0 Å². The Morgan fingerprint density at radius 1 is 1.47 bits per heavy atom. The van der Waals surface area contributed by atoms with Gasteiger partial charge in [0.05, 0.1) is 12.1 Å². The van der Waals surface area contributed by atoms with Gasteiger partial charge in [0.15, 0.2) is 0 Å². The quantitative estimate of drug-likeness (QED) is 0.899. The third kappa shape index (κ3) is 3.30. The summed E-state index contributed by atoms with van der Waals surface area (Å²) in [7, 11) is 0. The summed E-state index contributed by atoms with van der Waals surface area (Å²) in [4.78, 5) is 11.9. The van der Waals surface area contributed by atoms with Crippen molar-refractivity contribution >= 4 is 21.8 Å². The van der Waals surface area contributed by atoms with Gasteiger partial charge in [-0.1, -0.05) is 28.1 Å². The first-order chi connectivity index (χ1) is 8.16. The van der Waals surface area contributed by atoms with E-state index in [0.29, 0.717) is 0 Å². The van der Waals surface area contributed by atoms with E-state index in [1.54, 1.807) is 0 Å². The fraction of sp³-hybridized carbons (Fsp3) is 0.462. The Morgan fingerprint density at radius 2 is 2.18 bits per heavy atom. The van der Waals surface area contributed by atoms with E-state index in [2.05, 4.69) is 26.6 Å². The van der Waals surface area contributed by atoms with Crippen LogP contribution in [0.15, 0.2) is 28.7 Å². The van der Waals surface area contributed by atoms with Crippen LogP contribution in [0.25, 0.3) is 0 Å². The standard InChI is InChI=1S/C13H17BrN2O/c1-9(10-4-6-11(14)7-5-10)16-13(17)12-3-2-8-15-12/h4-7,9,12,15H,2-3,8H2,1H3,(H,16,17)/t9?,12-/m0/s1. The number of amides is 1. The largest absolute Gasteiger partial charge is 0.348 e. The van der Waals surface area contributed by atoms with E-state index >= 15 is 0 Å². The van der Waals surface area contributed by atoms with Crippen molar-refractivity contribution in [3.8, 4) is 0 Å². The van der Waals surface area contributed by atoms with Crippen LogP contribution in [-0.2, 0) is 4.79 Å². The normalized spacial score (nSPS) is 21.2. The van der Waals surface area contributed by atoms with Crippen molar-refractivity contribution in [1.29, 1.82) is 0 Å². The molecule has 0 radical (unpaired) electrons. The third-order valence-electron chi connectivity index (χ3n) is 3.11. The summed E-state index contributed by atoms with van der Waals surface area (Å²) in [6.45, 7) is 2.96. The minimum Gasteiger partial charge on any atom is -0.348 e. The summed E-state index contributed by atoms with van der Waals surface area (Å²) in [5.74, 6) is 0.109. The summed E-state index contributed by atoms with van der Waals surface area (Å²) in [5, 5.41) is 6.24. The average molecular weight is 297 g/mol. The molecule has 1 saturated heterocycles. The second-order valence-electron chi connectivity index (χ2n) is 4.43. The highest BCUT2D eigenvalue weighted by molar-refractivity contribution is 9.10. The summed E-state index contributed by atoms with van der Waals surface area (Å²) < 4.78 is 1.05. The molecular formula is C13H17BrN2O. The van der Waals surface area contributed by atoms with Crippen LogP contribution in [0.4, 0.5) is 0 Å². The zero-order valence-corrected chi connectivity index (χ0v) is 11.5. The molecule has 4 heteroatoms. The van der Waals surface area contributed by atoms with Crippen molar-refractivity contribution in [2.45, 2.75) is 31.8 Å². The Morgan fingerprint density at radius 3 is 2.76 bits per heavy atom. The molecule has 1 amide bonds. The van der Waals surface area contributed by atoms with Crippen molar-refractivity contribution < 1.29 is 4.79 Å². The molecule has 0 bridgehead atoms. The van der Waals surface area contributed by atoms with Gasteiger partial charge in [-0.05, 0) is 44.0 Å². The molecule has 0 aliphatic carbocycles. The Balaban J connectivity index is 1.93. The molecule has 2 atom stereocenters. The van der Waals surface area contributed by atoms with Crippen LogP contribution >= 0.6 is 15.9 Å². The highest BCUT2D eigenvalue weighted by Crippen LogP contribution is 2.17. The maximum atomic E-state index is 11.9. The first kappa shape index (κ1) is 12.6. The number of hydrogen-bond donors (Lipinski definition) is 2. The van der Waals surface area contributed by atoms with E-state index in [0.717, 1.165) is 29.4 Å². The summed E-state index contributed by atoms with van der Waals surface area (Å²) in [5.41, 5.74) is 1.12. The third-order valence-corrected chi connectivity index (χ3v) is 3.63. The molecule has 92 valence electrons. The van der Waals surface area contributed by atoms with Crippen molar-refractivity contribution in [3.63, 3.8) is 0 Å². The van der Waals surface area contributed by atoms with Crippen molar-refractivity contribution in [2.24, 2.45) is 0 Å². The Bertz CT molecular complexity index is 385. The van der Waals surface area contributed by atoms with Crippen molar-refractivity contribution in [3.05, 3.63) is 34.3 Å². The molecule has 0 spiro atoms. The molecule has 1 aliphatic rings. The number of benzene rings is 1. The summed E-state index contributed by atoms with van der Waals surface area (Å²) >= 11 is 3.40. The molecule has 0 saturated carbocycles. The molecule has 1 fully saturated rings. The maximum Gasteiger partial charge on any atom is 0.237 e. The molecule has 3 nitrogen and oxygen atoms in total. The zero-order valence-electron chi connectivity index (χ0n) is 9.87. The van der Waals surface area contributed by atoms with E-state index in [1.807, 2.05) is 31.2 Å². The highest BCUT2D eigenvalue weighted by atomic mass is 79.9. The zero-order chi connectivity index (χ0) is 12.3. The number of hydrogen-bond acceptors (Lipinski definition) is 2. The number of nitrogens with one attached hydrogen (secondary N) is 2. The lowest BCUT2D eigenvalue weighted by Crippen LogP contribution is -2.41. The lowest BCUT2D eigenvalue weighted by molar-refractivity contribution is -0.123. The van der Waals surface area contributed by atoms with Gasteiger partial charge in [-0.25, -0.2) is 0 Å². The topological polar surface area (TPSA) is 41.1 Å². The number of carbonyl (C=O) groups excluding carboxylic acids is 1. The fourth-order valence-electron chi connectivity index (χ4n) is 2.06. The maximum absolute atomic E-state index is 11.9. The van der Waals surface area contributed by atoms with Gasteiger partial charge in [0.25, 0.3) is 0 Å². The lowest BCUT2D eigenvalue weighted by atomic mass is 10.1. The van der Waals surface area contributed by atoms with E-state index in [-0.39, 0.29) is 18.0 Å². The Kier molecular flexibility index (Phi) is 4.18. The van der Waals surface area contributed by atoms with E-state index in [1.165, 1.54) is 0 Å². The van der Waals surface area contributed by atoms with E-state index in [4.69, 9.17) is 0 Å². The fourth-order valence-corrected chi connectivity index (χ4v) is 2.32. The number of rotatable bonds is 3. The molecule has 1 aromatic carbocycles. The van der Waals surface area contributed by atoms with Gasteiger partial charge in [-0.2, -0.15) is 0 Å². The molecule has 1 aromatic rings. The molecule has 17 heavy (non-hydrogen) atoms. The second-order valence-corrected chi connectivity index (χ2v) is 5.35. The predicted octanol–water partition coefficient (Wildman–Crippen LogP) is 2.38. The molecule has 0 aromatic heterocycles. The monoisotopic (exact) mass is 296 g/mol. The molecule has 2 N–H and O–H groups in total. The van der Waals surface area contributed by atoms with E-state index in [9.17, 15) is 4.79 Å². The van der Waals surface area contributed by atoms with Crippen molar-refractivity contribution in [2.75, 3.05) is 6.54 Å². The summed E-state index contributed by atoms with van der Waals surface area (Å²) in [6.07, 6.45) is 2.03. The molecule has 2 rings (SSSR count). The van der Waals surface area contributed by atoms with Crippen LogP contribution in [-0.4, -0.2) is 18.5 Å². The number of carbonyl (C=O) groups is 1. The van der Waals surface area contributed by atoms with Gasteiger partial charge >= 0.3 is 0 Å². The van der Waals surface area contributed by atoms with Crippen LogP contribution in [0.3, 0.4) is 0 Å². The van der Waals surface area contributed by atoms with Gasteiger partial charge in [-0.3, -0.25) is 4.79 Å². The lowest BCUT2D eigenvalue weighted by Gasteiger charge is -2.17. The Hall–Kier alpha value is -0.870. The average Bonchev–Trinajstić information content (AvgIpc) is 2.83. The van der Waals surface area contributed by atoms with Crippen LogP contribution in [0.1, 0.15) is 31.4 Å². The molecule has 1 unspecified atom stereocenters. The minimum absolute atomic E-state index is 0.00658. The van der Waals surface area contributed by atoms with Crippen LogP contribution in [0.2, 0.25) is 0 Å². The smallest absolute Gasteiger partial charge is 0.237 e. The highest BCUT2D eigenvalue weighted by Gasteiger charge is 2.23. The van der Waals surface area contributed by atoms with Gasteiger partial charge in [0.2, 0.25) is 5.91 Å². The molecular weight excluding hydrogens is 280 g/mol. The first-order valence-corrected chi connectivity index (χ1v) is 6.75. The van der Waals surface area contributed by atoms with Gasteiger partial charge < -0.3 is 10.6 Å². The molecule has 1 heterocycles. The minimum atomic E-state index is -0.00658. The molecule has 1 aliphatic heterocycles. The van der Waals surface area contributed by atoms with Crippen molar-refractivity contribution in [1.82, 2.24) is 10.6 Å². The van der Waals surface area contributed by atoms with Crippen LogP contribution < -0.4 is 10.6 Å². The first-order valence-electron chi connectivity index (χ1n) is 5.96. The second kappa shape index (κ2) is 5.65. The summed E-state index contributed by atoms with van der Waals surface area (Å²) in [6, 6.07) is 8.08. The Labute approximate surface area is 110 Å². The SMILES string of the molecule is CC(NC(=O)[C@@H]1CCCN1)c1ccc(Br)cc1. The van der Waals surface area contributed by atoms with Gasteiger partial charge in [0, 0.05) is 4.47 Å².